The zero-order valence-corrected chi connectivity index (χ0v) is 12.1. The van der Waals surface area contributed by atoms with Crippen molar-refractivity contribution in [2.24, 2.45) is 11.8 Å². The van der Waals surface area contributed by atoms with E-state index < -0.39 is 0 Å². The Bertz CT molecular complexity index is 587. The number of hydrogen-bond acceptors (Lipinski definition) is 7. The highest BCUT2D eigenvalue weighted by Crippen LogP contribution is 2.35. The van der Waals surface area contributed by atoms with E-state index >= 15 is 0 Å². The molecule has 2 atom stereocenters. The summed E-state index contributed by atoms with van der Waals surface area (Å²) in [5, 5.41) is 0. The van der Waals surface area contributed by atoms with Gasteiger partial charge in [-0.3, -0.25) is 0 Å². The van der Waals surface area contributed by atoms with Gasteiger partial charge in [0, 0.05) is 49.8 Å². The summed E-state index contributed by atoms with van der Waals surface area (Å²) in [7, 11) is 0. The lowest BCUT2D eigenvalue weighted by atomic mass is 10.0. The van der Waals surface area contributed by atoms with Gasteiger partial charge in [0.1, 0.15) is 12.1 Å². The van der Waals surface area contributed by atoms with E-state index in [-0.39, 0.29) is 0 Å². The highest BCUT2D eigenvalue weighted by Gasteiger charge is 2.41. The minimum absolute atomic E-state index is 0.700. The van der Waals surface area contributed by atoms with Crippen molar-refractivity contribution >= 4 is 23.4 Å². The van der Waals surface area contributed by atoms with Gasteiger partial charge in [0.15, 0.2) is 5.82 Å². The highest BCUT2D eigenvalue weighted by atomic mass is 32.1. The fraction of sp³-hybridized carbons (Fsp3) is 0.538. The highest BCUT2D eigenvalue weighted by molar-refractivity contribution is 6.99. The lowest BCUT2D eigenvalue weighted by Crippen LogP contribution is -2.29. The third-order valence-corrected chi connectivity index (χ3v) is 4.80. The number of anilines is 2. The van der Waals surface area contributed by atoms with Gasteiger partial charge in [-0.2, -0.15) is 8.75 Å². The first-order valence-corrected chi connectivity index (χ1v) is 7.58. The summed E-state index contributed by atoms with van der Waals surface area (Å²) in [5.74, 6) is 3.53. The standard InChI is InChI=1S/C13H16N6S/c1-9-2-14-8-15-13(9)19-6-10-4-18(5-11(10)7-19)12-3-16-20-17-12/h2-3,8,10-11H,4-7H2,1H3. The van der Waals surface area contributed by atoms with Gasteiger partial charge < -0.3 is 9.80 Å². The molecule has 2 aromatic rings. The third kappa shape index (κ3) is 1.93. The van der Waals surface area contributed by atoms with Crippen LogP contribution in [0.3, 0.4) is 0 Å². The number of rotatable bonds is 2. The summed E-state index contributed by atoms with van der Waals surface area (Å²) in [6.45, 7) is 6.40. The van der Waals surface area contributed by atoms with Gasteiger partial charge >= 0.3 is 0 Å². The number of aryl methyl sites for hydroxylation is 1. The van der Waals surface area contributed by atoms with Crippen LogP contribution in [0.2, 0.25) is 0 Å². The van der Waals surface area contributed by atoms with Gasteiger partial charge in [-0.25, -0.2) is 9.97 Å². The van der Waals surface area contributed by atoms with Gasteiger partial charge in [0.25, 0.3) is 0 Å². The van der Waals surface area contributed by atoms with E-state index in [2.05, 4.69) is 35.4 Å². The first-order chi connectivity index (χ1) is 9.81. The Morgan fingerprint density at radius 1 is 1.10 bits per heavy atom. The van der Waals surface area contributed by atoms with Crippen molar-refractivity contribution in [3.8, 4) is 0 Å². The molecule has 6 nitrogen and oxygen atoms in total. The van der Waals surface area contributed by atoms with E-state index in [9.17, 15) is 0 Å². The third-order valence-electron chi connectivity index (χ3n) is 4.33. The second-order valence-electron chi connectivity index (χ2n) is 5.63. The monoisotopic (exact) mass is 288 g/mol. The van der Waals surface area contributed by atoms with E-state index in [0.29, 0.717) is 11.8 Å². The predicted octanol–water partition coefficient (Wildman–Crippen LogP) is 1.21. The summed E-state index contributed by atoms with van der Waals surface area (Å²) in [5.41, 5.74) is 1.16. The molecule has 2 fully saturated rings. The molecular formula is C13H16N6S. The van der Waals surface area contributed by atoms with Crippen molar-refractivity contribution in [2.75, 3.05) is 36.0 Å². The van der Waals surface area contributed by atoms with Crippen molar-refractivity contribution < 1.29 is 0 Å². The van der Waals surface area contributed by atoms with E-state index in [1.807, 2.05) is 12.4 Å². The molecule has 2 saturated heterocycles. The molecule has 0 radical (unpaired) electrons. The molecule has 2 aliphatic heterocycles. The van der Waals surface area contributed by atoms with Crippen molar-refractivity contribution in [2.45, 2.75) is 6.92 Å². The van der Waals surface area contributed by atoms with Crippen molar-refractivity contribution in [1.29, 1.82) is 0 Å². The average Bonchev–Trinajstić information content (AvgIpc) is 3.14. The molecule has 2 unspecified atom stereocenters. The largest absolute Gasteiger partial charge is 0.356 e. The lowest BCUT2D eigenvalue weighted by molar-refractivity contribution is 0.533. The van der Waals surface area contributed by atoms with Crippen LogP contribution in [0.4, 0.5) is 11.6 Å². The van der Waals surface area contributed by atoms with E-state index in [1.54, 1.807) is 6.33 Å². The van der Waals surface area contributed by atoms with Crippen molar-refractivity contribution in [1.82, 2.24) is 18.7 Å². The first kappa shape index (κ1) is 12.0. The summed E-state index contributed by atoms with van der Waals surface area (Å²) < 4.78 is 8.44. The van der Waals surface area contributed by atoms with Crippen LogP contribution in [0.25, 0.3) is 0 Å². The summed E-state index contributed by atoms with van der Waals surface area (Å²) in [6, 6.07) is 0. The quantitative estimate of drug-likeness (QED) is 0.828. The zero-order chi connectivity index (χ0) is 13.5. The second kappa shape index (κ2) is 4.66. The Morgan fingerprint density at radius 3 is 2.50 bits per heavy atom. The Kier molecular flexibility index (Phi) is 2.80. The maximum Gasteiger partial charge on any atom is 0.162 e. The van der Waals surface area contributed by atoms with Crippen molar-refractivity contribution in [3.05, 3.63) is 24.3 Å². The van der Waals surface area contributed by atoms with Crippen LogP contribution >= 0.6 is 11.7 Å². The minimum atomic E-state index is 0.700. The molecule has 0 amide bonds. The van der Waals surface area contributed by atoms with Crippen LogP contribution in [0.1, 0.15) is 5.56 Å². The molecular weight excluding hydrogens is 272 g/mol. The SMILES string of the molecule is Cc1cncnc1N1CC2CN(c3cnsn3)CC2C1. The summed E-state index contributed by atoms with van der Waals surface area (Å²) in [4.78, 5) is 13.3. The molecule has 0 N–H and O–H groups in total. The molecule has 0 saturated carbocycles. The van der Waals surface area contributed by atoms with Crippen LogP contribution in [-0.2, 0) is 0 Å². The number of hydrogen-bond donors (Lipinski definition) is 0. The predicted molar refractivity (Wildman–Crippen MR) is 78.1 cm³/mol. The Morgan fingerprint density at radius 2 is 1.85 bits per heavy atom. The number of nitrogens with zero attached hydrogens (tertiary/aromatic N) is 6. The Labute approximate surface area is 121 Å². The van der Waals surface area contributed by atoms with Crippen LogP contribution in [-0.4, -0.2) is 44.9 Å². The number of aromatic nitrogens is 4. The topological polar surface area (TPSA) is 58.0 Å². The van der Waals surface area contributed by atoms with Gasteiger partial charge in [-0.05, 0) is 6.92 Å². The zero-order valence-electron chi connectivity index (χ0n) is 11.3. The van der Waals surface area contributed by atoms with Crippen LogP contribution in [0.15, 0.2) is 18.7 Å². The number of fused-ring (bicyclic) bond motifs is 1. The maximum absolute atomic E-state index is 4.44. The van der Waals surface area contributed by atoms with E-state index in [4.69, 9.17) is 0 Å². The van der Waals surface area contributed by atoms with Crippen LogP contribution in [0.5, 0.6) is 0 Å². The molecule has 7 heteroatoms. The lowest BCUT2D eigenvalue weighted by Gasteiger charge is -2.22. The molecule has 0 aromatic carbocycles. The molecule has 4 rings (SSSR count). The Balaban J connectivity index is 1.48. The van der Waals surface area contributed by atoms with Gasteiger partial charge in [-0.15, -0.1) is 0 Å². The molecule has 20 heavy (non-hydrogen) atoms. The molecule has 4 heterocycles. The molecule has 0 bridgehead atoms. The Hall–Kier alpha value is -1.76. The van der Waals surface area contributed by atoms with Gasteiger partial charge in [-0.1, -0.05) is 0 Å². The van der Waals surface area contributed by atoms with E-state index in [1.165, 1.54) is 11.7 Å². The van der Waals surface area contributed by atoms with E-state index in [0.717, 1.165) is 43.4 Å². The summed E-state index contributed by atoms with van der Waals surface area (Å²) in [6.07, 6.45) is 5.41. The van der Waals surface area contributed by atoms with Crippen LogP contribution < -0.4 is 9.80 Å². The van der Waals surface area contributed by atoms with Gasteiger partial charge in [0.2, 0.25) is 0 Å². The van der Waals surface area contributed by atoms with Gasteiger partial charge in [0.05, 0.1) is 17.9 Å². The smallest absolute Gasteiger partial charge is 0.162 e. The maximum atomic E-state index is 4.44. The minimum Gasteiger partial charge on any atom is -0.356 e. The molecule has 104 valence electrons. The average molecular weight is 288 g/mol. The molecule has 0 spiro atoms. The molecule has 2 aliphatic rings. The molecule has 0 aliphatic carbocycles. The fourth-order valence-corrected chi connectivity index (χ4v) is 3.81. The first-order valence-electron chi connectivity index (χ1n) is 6.85. The second-order valence-corrected chi connectivity index (χ2v) is 6.18. The normalized spacial score (nSPS) is 25.2. The van der Waals surface area contributed by atoms with Crippen LogP contribution in [0, 0.1) is 18.8 Å². The molecule has 2 aromatic heterocycles. The fourth-order valence-electron chi connectivity index (χ4n) is 3.38. The van der Waals surface area contributed by atoms with Crippen molar-refractivity contribution in [3.63, 3.8) is 0 Å². The summed E-state index contributed by atoms with van der Waals surface area (Å²) >= 11 is 1.28.